The van der Waals surface area contributed by atoms with Gasteiger partial charge in [-0.1, -0.05) is 0 Å². The number of amides is 1. The second kappa shape index (κ2) is 6.07. The molecule has 21 heavy (non-hydrogen) atoms. The van der Waals surface area contributed by atoms with Crippen LogP contribution in [0.5, 0.6) is 0 Å². The summed E-state index contributed by atoms with van der Waals surface area (Å²) < 4.78 is 37.8. The van der Waals surface area contributed by atoms with Crippen LogP contribution in [0.15, 0.2) is 18.2 Å². The van der Waals surface area contributed by atoms with Gasteiger partial charge >= 0.3 is 0 Å². The summed E-state index contributed by atoms with van der Waals surface area (Å²) in [4.78, 5) is 14.1. The van der Waals surface area contributed by atoms with E-state index in [2.05, 4.69) is 0 Å². The van der Waals surface area contributed by atoms with E-state index in [4.69, 9.17) is 9.47 Å². The molecule has 0 aromatic heterocycles. The Balaban J connectivity index is 1.83. The molecule has 1 aromatic rings. The standard InChI is InChI=1S/C15H17F2NO3/c16-10-4-5-11(12(17)9-10)14(19)18-6-2-1-3-13(18)15-20-7-8-21-15/h4-5,9,13,15H,1-3,6-8H2. The molecule has 4 nitrogen and oxygen atoms in total. The zero-order valence-electron chi connectivity index (χ0n) is 11.6. The van der Waals surface area contributed by atoms with Gasteiger partial charge in [0, 0.05) is 12.6 Å². The summed E-state index contributed by atoms with van der Waals surface area (Å²) in [5, 5.41) is 0. The summed E-state index contributed by atoms with van der Waals surface area (Å²) >= 11 is 0. The Morgan fingerprint density at radius 3 is 2.67 bits per heavy atom. The first kappa shape index (κ1) is 14.4. The van der Waals surface area contributed by atoms with Gasteiger partial charge in [-0.3, -0.25) is 4.79 Å². The van der Waals surface area contributed by atoms with Crippen molar-refractivity contribution in [1.29, 1.82) is 0 Å². The number of hydrogen-bond acceptors (Lipinski definition) is 3. The van der Waals surface area contributed by atoms with Gasteiger partial charge in [-0.05, 0) is 31.4 Å². The van der Waals surface area contributed by atoms with Crippen molar-refractivity contribution in [2.45, 2.75) is 31.6 Å². The molecule has 2 fully saturated rings. The van der Waals surface area contributed by atoms with Crippen LogP contribution in [-0.2, 0) is 9.47 Å². The fourth-order valence-corrected chi connectivity index (χ4v) is 2.91. The first-order valence-corrected chi connectivity index (χ1v) is 7.16. The van der Waals surface area contributed by atoms with E-state index in [1.807, 2.05) is 0 Å². The SMILES string of the molecule is O=C(c1ccc(F)cc1F)N1CCCCC1C1OCCO1. The van der Waals surface area contributed by atoms with E-state index in [9.17, 15) is 13.6 Å². The van der Waals surface area contributed by atoms with Crippen LogP contribution in [0.25, 0.3) is 0 Å². The van der Waals surface area contributed by atoms with Crippen LogP contribution in [0, 0.1) is 11.6 Å². The average molecular weight is 297 g/mol. The monoisotopic (exact) mass is 297 g/mol. The number of ether oxygens (including phenoxy) is 2. The lowest BCUT2D eigenvalue weighted by Crippen LogP contribution is -2.50. The second-order valence-corrected chi connectivity index (χ2v) is 5.30. The van der Waals surface area contributed by atoms with Gasteiger partial charge in [-0.15, -0.1) is 0 Å². The van der Waals surface area contributed by atoms with Gasteiger partial charge in [-0.25, -0.2) is 8.78 Å². The van der Waals surface area contributed by atoms with Crippen LogP contribution in [0.4, 0.5) is 8.78 Å². The average Bonchev–Trinajstić information content (AvgIpc) is 3.01. The quantitative estimate of drug-likeness (QED) is 0.841. The van der Waals surface area contributed by atoms with E-state index in [0.717, 1.165) is 31.4 Å². The van der Waals surface area contributed by atoms with E-state index < -0.39 is 23.8 Å². The highest BCUT2D eigenvalue weighted by molar-refractivity contribution is 5.94. The Bertz CT molecular complexity index is 532. The molecule has 0 saturated carbocycles. The Kier molecular flexibility index (Phi) is 4.17. The van der Waals surface area contributed by atoms with E-state index in [-0.39, 0.29) is 11.6 Å². The van der Waals surface area contributed by atoms with Crippen LogP contribution in [0.3, 0.4) is 0 Å². The number of benzene rings is 1. The highest BCUT2D eigenvalue weighted by Crippen LogP contribution is 2.26. The van der Waals surface area contributed by atoms with Crippen molar-refractivity contribution < 1.29 is 23.0 Å². The second-order valence-electron chi connectivity index (χ2n) is 5.30. The third kappa shape index (κ3) is 2.91. The van der Waals surface area contributed by atoms with Crippen LogP contribution in [-0.4, -0.2) is 42.9 Å². The van der Waals surface area contributed by atoms with Crippen LogP contribution >= 0.6 is 0 Å². The summed E-state index contributed by atoms with van der Waals surface area (Å²) in [6.45, 7) is 1.55. The minimum absolute atomic E-state index is 0.110. The third-order valence-electron chi connectivity index (χ3n) is 3.93. The number of carbonyl (C=O) groups is 1. The Morgan fingerprint density at radius 1 is 1.19 bits per heavy atom. The summed E-state index contributed by atoms with van der Waals surface area (Å²) in [7, 11) is 0. The summed E-state index contributed by atoms with van der Waals surface area (Å²) in [6.07, 6.45) is 2.15. The molecule has 1 unspecified atom stereocenters. The molecular weight excluding hydrogens is 280 g/mol. The molecule has 2 aliphatic heterocycles. The lowest BCUT2D eigenvalue weighted by Gasteiger charge is -2.38. The minimum atomic E-state index is -0.836. The molecule has 0 spiro atoms. The number of likely N-dealkylation sites (tertiary alicyclic amines) is 1. The van der Waals surface area contributed by atoms with Crippen LogP contribution < -0.4 is 0 Å². The molecule has 1 amide bonds. The molecule has 1 aromatic carbocycles. The molecule has 0 radical (unpaired) electrons. The van der Waals surface area contributed by atoms with Gasteiger partial charge in [0.1, 0.15) is 11.6 Å². The number of piperidine rings is 1. The molecular formula is C15H17F2NO3. The third-order valence-corrected chi connectivity index (χ3v) is 3.93. The predicted octanol–water partition coefficient (Wildman–Crippen LogP) is 2.33. The minimum Gasteiger partial charge on any atom is -0.348 e. The van der Waals surface area contributed by atoms with Crippen molar-refractivity contribution in [3.63, 3.8) is 0 Å². The van der Waals surface area contributed by atoms with Crippen molar-refractivity contribution in [1.82, 2.24) is 4.90 Å². The lowest BCUT2D eigenvalue weighted by atomic mass is 10.00. The van der Waals surface area contributed by atoms with E-state index in [0.29, 0.717) is 19.8 Å². The van der Waals surface area contributed by atoms with Crippen LogP contribution in [0.2, 0.25) is 0 Å². The fourth-order valence-electron chi connectivity index (χ4n) is 2.91. The smallest absolute Gasteiger partial charge is 0.257 e. The van der Waals surface area contributed by atoms with E-state index in [1.54, 1.807) is 4.90 Å². The zero-order valence-corrected chi connectivity index (χ0v) is 11.6. The Morgan fingerprint density at radius 2 is 1.95 bits per heavy atom. The molecule has 0 aliphatic carbocycles. The fraction of sp³-hybridized carbons (Fsp3) is 0.533. The Hall–Kier alpha value is -1.53. The molecule has 0 bridgehead atoms. The number of nitrogens with zero attached hydrogens (tertiary/aromatic N) is 1. The van der Waals surface area contributed by atoms with Crippen molar-refractivity contribution in [3.8, 4) is 0 Å². The van der Waals surface area contributed by atoms with Crippen molar-refractivity contribution in [3.05, 3.63) is 35.4 Å². The van der Waals surface area contributed by atoms with Gasteiger partial charge in [0.05, 0.1) is 24.8 Å². The molecule has 2 heterocycles. The molecule has 0 N–H and O–H groups in total. The van der Waals surface area contributed by atoms with E-state index >= 15 is 0 Å². The maximum atomic E-state index is 13.8. The van der Waals surface area contributed by atoms with Crippen molar-refractivity contribution in [2.75, 3.05) is 19.8 Å². The maximum absolute atomic E-state index is 13.8. The molecule has 2 aliphatic rings. The molecule has 114 valence electrons. The van der Waals surface area contributed by atoms with E-state index in [1.165, 1.54) is 6.07 Å². The largest absolute Gasteiger partial charge is 0.348 e. The highest BCUT2D eigenvalue weighted by atomic mass is 19.1. The van der Waals surface area contributed by atoms with Gasteiger partial charge < -0.3 is 14.4 Å². The van der Waals surface area contributed by atoms with Crippen molar-refractivity contribution >= 4 is 5.91 Å². The van der Waals surface area contributed by atoms with Gasteiger partial charge in [-0.2, -0.15) is 0 Å². The van der Waals surface area contributed by atoms with Crippen molar-refractivity contribution in [2.24, 2.45) is 0 Å². The number of rotatable bonds is 2. The van der Waals surface area contributed by atoms with Gasteiger partial charge in [0.25, 0.3) is 5.91 Å². The molecule has 1 atom stereocenters. The normalized spacial score (nSPS) is 23.5. The summed E-state index contributed by atoms with van der Waals surface area (Å²) in [5.74, 6) is -1.96. The highest BCUT2D eigenvalue weighted by Gasteiger charge is 2.37. The predicted molar refractivity (Wildman–Crippen MR) is 70.7 cm³/mol. The molecule has 6 heteroatoms. The van der Waals surface area contributed by atoms with Crippen LogP contribution in [0.1, 0.15) is 29.6 Å². The first-order chi connectivity index (χ1) is 10.2. The summed E-state index contributed by atoms with van der Waals surface area (Å²) in [5.41, 5.74) is -0.110. The molecule has 2 saturated heterocycles. The topological polar surface area (TPSA) is 38.8 Å². The lowest BCUT2D eigenvalue weighted by molar-refractivity contribution is -0.100. The number of carbonyl (C=O) groups excluding carboxylic acids is 1. The number of hydrogen-bond donors (Lipinski definition) is 0. The first-order valence-electron chi connectivity index (χ1n) is 7.16. The molecule has 3 rings (SSSR count). The summed E-state index contributed by atoms with van der Waals surface area (Å²) in [6, 6.07) is 2.81. The number of halogens is 2. The van der Waals surface area contributed by atoms with Gasteiger partial charge in [0.2, 0.25) is 0 Å². The maximum Gasteiger partial charge on any atom is 0.257 e. The zero-order chi connectivity index (χ0) is 14.8. The Labute approximate surface area is 121 Å². The van der Waals surface area contributed by atoms with Gasteiger partial charge in [0.15, 0.2) is 6.29 Å².